The van der Waals surface area contributed by atoms with Gasteiger partial charge in [0.2, 0.25) is 10.0 Å². The minimum absolute atomic E-state index is 0.0283. The van der Waals surface area contributed by atoms with Crippen LogP contribution in [0.15, 0.2) is 40.8 Å². The van der Waals surface area contributed by atoms with Gasteiger partial charge in [0.15, 0.2) is 5.78 Å². The van der Waals surface area contributed by atoms with E-state index in [1.165, 1.54) is 11.4 Å². The number of ether oxygens (including phenoxy) is 2. The van der Waals surface area contributed by atoms with Crippen LogP contribution >= 0.6 is 0 Å². The van der Waals surface area contributed by atoms with Crippen molar-refractivity contribution in [2.75, 3.05) is 27.0 Å². The molecule has 1 saturated heterocycles. The van der Waals surface area contributed by atoms with Gasteiger partial charge in [-0.15, -0.1) is 0 Å². The Morgan fingerprint density at radius 2 is 1.88 bits per heavy atom. The third-order valence-electron chi connectivity index (χ3n) is 4.98. The van der Waals surface area contributed by atoms with E-state index in [9.17, 15) is 13.2 Å². The average molecular weight is 365 g/mol. The maximum absolute atomic E-state index is 13.0. The summed E-state index contributed by atoms with van der Waals surface area (Å²) < 4.78 is 38.1. The molecule has 0 spiro atoms. The molecule has 6 nitrogen and oxygen atoms in total. The third kappa shape index (κ3) is 3.42. The first-order valence-corrected chi connectivity index (χ1v) is 9.71. The van der Waals surface area contributed by atoms with E-state index in [-0.39, 0.29) is 35.9 Å². The number of ketones is 1. The Bertz CT molecular complexity index is 784. The number of rotatable bonds is 5. The molecule has 1 aliphatic heterocycles. The Morgan fingerprint density at radius 1 is 1.20 bits per heavy atom. The molecule has 0 bridgehead atoms. The van der Waals surface area contributed by atoms with Crippen molar-refractivity contribution in [3.8, 4) is 0 Å². The lowest BCUT2D eigenvalue weighted by Gasteiger charge is -2.38. The number of hydrogen-bond donors (Lipinski definition) is 0. The molecule has 0 amide bonds. The molecule has 1 aromatic rings. The number of benzene rings is 1. The van der Waals surface area contributed by atoms with Gasteiger partial charge >= 0.3 is 0 Å². The van der Waals surface area contributed by atoms with Gasteiger partial charge < -0.3 is 9.47 Å². The quantitative estimate of drug-likeness (QED) is 0.744. The Labute approximate surface area is 148 Å². The van der Waals surface area contributed by atoms with Crippen LogP contribution in [0.1, 0.15) is 12.5 Å². The molecule has 0 unspecified atom stereocenters. The van der Waals surface area contributed by atoms with Crippen LogP contribution in [0.3, 0.4) is 0 Å². The van der Waals surface area contributed by atoms with Gasteiger partial charge in [0.25, 0.3) is 0 Å². The second kappa shape index (κ2) is 6.99. The fourth-order valence-corrected chi connectivity index (χ4v) is 4.89. The predicted molar refractivity (Wildman–Crippen MR) is 92.4 cm³/mol. The van der Waals surface area contributed by atoms with Gasteiger partial charge in [0.1, 0.15) is 6.79 Å². The second-order valence-electron chi connectivity index (χ2n) is 6.64. The van der Waals surface area contributed by atoms with Gasteiger partial charge in [-0.05, 0) is 30.7 Å². The summed E-state index contributed by atoms with van der Waals surface area (Å²) >= 11 is 0. The molecule has 3 atom stereocenters. The lowest BCUT2D eigenvalue weighted by atomic mass is 9.87. The number of hydrogen-bond acceptors (Lipinski definition) is 5. The van der Waals surface area contributed by atoms with Crippen LogP contribution in [-0.4, -0.2) is 51.6 Å². The summed E-state index contributed by atoms with van der Waals surface area (Å²) in [6.07, 6.45) is 1.15. The summed E-state index contributed by atoms with van der Waals surface area (Å²) in [5.41, 5.74) is 1.88. The van der Waals surface area contributed by atoms with E-state index in [1.54, 1.807) is 30.3 Å². The van der Waals surface area contributed by atoms with E-state index >= 15 is 0 Å². The zero-order valence-electron chi connectivity index (χ0n) is 14.6. The minimum Gasteiger partial charge on any atom is -0.359 e. The average Bonchev–Trinajstić information content (AvgIpc) is 2.88. The first-order valence-electron chi connectivity index (χ1n) is 8.27. The highest BCUT2D eigenvalue weighted by Gasteiger charge is 2.45. The highest BCUT2D eigenvalue weighted by atomic mass is 32.2. The van der Waals surface area contributed by atoms with Gasteiger partial charge in [0.05, 0.1) is 11.0 Å². The number of carbonyl (C=O) groups is 1. The highest BCUT2D eigenvalue weighted by Crippen LogP contribution is 2.38. The van der Waals surface area contributed by atoms with Crippen molar-refractivity contribution in [3.05, 3.63) is 41.5 Å². The summed E-state index contributed by atoms with van der Waals surface area (Å²) in [4.78, 5) is 12.3. The van der Waals surface area contributed by atoms with Crippen molar-refractivity contribution in [2.45, 2.75) is 24.8 Å². The molecular formula is C18H23NO5S. The summed E-state index contributed by atoms with van der Waals surface area (Å²) in [6, 6.07) is 6.79. The van der Waals surface area contributed by atoms with E-state index < -0.39 is 16.1 Å². The zero-order chi connectivity index (χ0) is 18.2. The van der Waals surface area contributed by atoms with E-state index in [0.717, 1.165) is 11.1 Å². The van der Waals surface area contributed by atoms with E-state index in [4.69, 9.17) is 9.47 Å². The van der Waals surface area contributed by atoms with E-state index in [0.29, 0.717) is 6.54 Å². The highest BCUT2D eigenvalue weighted by molar-refractivity contribution is 7.89. The molecule has 1 heterocycles. The third-order valence-corrected chi connectivity index (χ3v) is 6.82. The number of nitrogens with zero attached hydrogens (tertiary/aromatic N) is 1. The van der Waals surface area contributed by atoms with Crippen LogP contribution in [0.25, 0.3) is 0 Å². The largest absolute Gasteiger partial charge is 0.359 e. The number of carbonyl (C=O) groups excluding carboxylic acids is 1. The topological polar surface area (TPSA) is 72.9 Å². The van der Waals surface area contributed by atoms with Crippen LogP contribution in [-0.2, 0) is 24.3 Å². The van der Waals surface area contributed by atoms with Crippen LogP contribution < -0.4 is 0 Å². The Balaban J connectivity index is 1.91. The molecule has 0 aromatic heterocycles. The molecule has 0 N–H and O–H groups in total. The molecule has 1 aromatic carbocycles. The molecule has 2 aliphatic rings. The maximum Gasteiger partial charge on any atom is 0.243 e. The number of aryl methyl sites for hydroxylation is 1. The van der Waals surface area contributed by atoms with Crippen molar-refractivity contribution < 1.29 is 22.7 Å². The Kier molecular flexibility index (Phi) is 5.11. The standard InChI is InChI=1S/C18H23NO5S/c1-12-4-6-14(7-5-12)25(21,22)19-9-16-13(2)17(20)8-15(16)18(10-19)24-11-23-3/h4-8,13,16,18H,9-11H2,1-3H3/t13-,16-,18+/m0/s1. The van der Waals surface area contributed by atoms with Crippen molar-refractivity contribution in [3.63, 3.8) is 0 Å². The summed E-state index contributed by atoms with van der Waals surface area (Å²) in [6.45, 7) is 4.28. The van der Waals surface area contributed by atoms with Crippen molar-refractivity contribution in [2.24, 2.45) is 11.8 Å². The lowest BCUT2D eigenvalue weighted by molar-refractivity contribution is -0.118. The number of sulfonamides is 1. The van der Waals surface area contributed by atoms with Crippen molar-refractivity contribution in [1.82, 2.24) is 4.31 Å². The maximum atomic E-state index is 13.0. The smallest absolute Gasteiger partial charge is 0.243 e. The van der Waals surface area contributed by atoms with Crippen LogP contribution in [0.2, 0.25) is 0 Å². The molecular weight excluding hydrogens is 342 g/mol. The number of piperidine rings is 1. The normalized spacial score (nSPS) is 27.2. The molecule has 1 aliphatic carbocycles. The Morgan fingerprint density at radius 3 is 2.52 bits per heavy atom. The molecule has 0 radical (unpaired) electrons. The molecule has 1 fully saturated rings. The number of fused-ring (bicyclic) bond motifs is 1. The summed E-state index contributed by atoms with van der Waals surface area (Å²) in [5.74, 6) is -0.358. The second-order valence-corrected chi connectivity index (χ2v) is 8.58. The van der Waals surface area contributed by atoms with E-state index in [2.05, 4.69) is 0 Å². The van der Waals surface area contributed by atoms with E-state index in [1.807, 2.05) is 13.8 Å². The van der Waals surface area contributed by atoms with Crippen LogP contribution in [0.5, 0.6) is 0 Å². The Hall–Kier alpha value is -1.54. The molecule has 7 heteroatoms. The summed E-state index contributed by atoms with van der Waals surface area (Å²) in [7, 11) is -2.13. The summed E-state index contributed by atoms with van der Waals surface area (Å²) in [5, 5.41) is 0. The SMILES string of the molecule is COCO[C@@H]1CN(S(=O)(=O)c2ccc(C)cc2)C[C@@H]2C1=CC(=O)[C@H]2C. The van der Waals surface area contributed by atoms with Crippen LogP contribution in [0.4, 0.5) is 0 Å². The fraction of sp³-hybridized carbons (Fsp3) is 0.500. The first-order chi connectivity index (χ1) is 11.8. The number of methoxy groups -OCH3 is 1. The van der Waals surface area contributed by atoms with Gasteiger partial charge in [0, 0.05) is 32.0 Å². The zero-order valence-corrected chi connectivity index (χ0v) is 15.5. The van der Waals surface area contributed by atoms with Gasteiger partial charge in [-0.25, -0.2) is 8.42 Å². The minimum atomic E-state index is -3.64. The molecule has 0 saturated carbocycles. The molecule has 136 valence electrons. The molecule has 25 heavy (non-hydrogen) atoms. The predicted octanol–water partition coefficient (Wildman–Crippen LogP) is 1.75. The van der Waals surface area contributed by atoms with Gasteiger partial charge in [-0.2, -0.15) is 4.31 Å². The number of allylic oxidation sites excluding steroid dienone is 1. The van der Waals surface area contributed by atoms with Gasteiger partial charge in [-0.3, -0.25) is 4.79 Å². The van der Waals surface area contributed by atoms with Crippen molar-refractivity contribution >= 4 is 15.8 Å². The lowest BCUT2D eigenvalue weighted by Crippen LogP contribution is -2.49. The van der Waals surface area contributed by atoms with Crippen LogP contribution in [0, 0.1) is 18.8 Å². The first kappa shape index (κ1) is 18.3. The monoisotopic (exact) mass is 365 g/mol. The van der Waals surface area contributed by atoms with Crippen molar-refractivity contribution in [1.29, 1.82) is 0 Å². The van der Waals surface area contributed by atoms with Gasteiger partial charge in [-0.1, -0.05) is 24.6 Å². The molecule has 3 rings (SSSR count). The fourth-order valence-electron chi connectivity index (χ4n) is 3.42.